The Hall–Kier alpha value is -2.52. The first-order chi connectivity index (χ1) is 13.1. The average Bonchev–Trinajstić information content (AvgIpc) is 2.67. The van der Waals surface area contributed by atoms with Crippen LogP contribution in [0, 0.1) is 0 Å². The van der Waals surface area contributed by atoms with Crippen LogP contribution in [-0.2, 0) is 14.3 Å². The number of nitrogens with zero attached hydrogens (tertiary/aromatic N) is 1. The lowest BCUT2D eigenvalue weighted by atomic mass is 10.2. The second-order valence-electron chi connectivity index (χ2n) is 5.94. The van der Waals surface area contributed by atoms with E-state index in [4.69, 9.17) is 18.9 Å². The van der Waals surface area contributed by atoms with Gasteiger partial charge in [-0.25, -0.2) is 0 Å². The molecule has 0 radical (unpaired) electrons. The molecule has 1 fully saturated rings. The quantitative estimate of drug-likeness (QED) is 0.601. The molecule has 0 spiro atoms. The van der Waals surface area contributed by atoms with E-state index in [2.05, 4.69) is 15.5 Å². The van der Waals surface area contributed by atoms with Crippen molar-refractivity contribution in [1.29, 1.82) is 0 Å². The van der Waals surface area contributed by atoms with Gasteiger partial charge in [-0.3, -0.25) is 14.5 Å². The van der Waals surface area contributed by atoms with Crippen molar-refractivity contribution in [2.45, 2.75) is 6.42 Å². The fraction of sp³-hybridized carbons (Fsp3) is 0.556. The molecular formula is C18H27N3O6. The van der Waals surface area contributed by atoms with Crippen molar-refractivity contribution in [2.75, 3.05) is 66.0 Å². The highest BCUT2D eigenvalue weighted by atomic mass is 16.5. The molecule has 1 aliphatic rings. The summed E-state index contributed by atoms with van der Waals surface area (Å²) in [5.41, 5.74) is 0.454. The van der Waals surface area contributed by atoms with Crippen LogP contribution in [0.4, 0.5) is 5.69 Å². The number of hydrogen-bond acceptors (Lipinski definition) is 7. The summed E-state index contributed by atoms with van der Waals surface area (Å²) >= 11 is 0. The number of carbonyl (C=O) groups is 2. The molecular weight excluding hydrogens is 354 g/mol. The Morgan fingerprint density at radius 3 is 2.22 bits per heavy atom. The number of amides is 2. The van der Waals surface area contributed by atoms with Gasteiger partial charge >= 0.3 is 0 Å². The number of hydrogen-bond donors (Lipinski definition) is 2. The molecule has 1 aliphatic heterocycles. The Morgan fingerprint density at radius 1 is 1.04 bits per heavy atom. The number of nitrogens with one attached hydrogen (secondary N) is 2. The Morgan fingerprint density at radius 2 is 1.67 bits per heavy atom. The topological polar surface area (TPSA) is 98.4 Å². The largest absolute Gasteiger partial charge is 0.493 e. The summed E-state index contributed by atoms with van der Waals surface area (Å²) in [5, 5.41) is 5.43. The average molecular weight is 381 g/mol. The predicted molar refractivity (Wildman–Crippen MR) is 99.6 cm³/mol. The van der Waals surface area contributed by atoms with Gasteiger partial charge < -0.3 is 29.6 Å². The molecule has 0 saturated carbocycles. The summed E-state index contributed by atoms with van der Waals surface area (Å²) in [6.45, 7) is 4.38. The highest BCUT2D eigenvalue weighted by Gasteiger charge is 2.16. The molecule has 9 nitrogen and oxygen atoms in total. The highest BCUT2D eigenvalue weighted by molar-refractivity contribution is 6.03. The van der Waals surface area contributed by atoms with E-state index in [0.717, 1.165) is 19.6 Å². The Bertz CT molecular complexity index is 621. The minimum absolute atomic E-state index is 0.264. The summed E-state index contributed by atoms with van der Waals surface area (Å²) in [6.07, 6.45) is -0.264. The molecule has 1 aromatic carbocycles. The van der Waals surface area contributed by atoms with Gasteiger partial charge in [-0.15, -0.1) is 0 Å². The van der Waals surface area contributed by atoms with E-state index in [9.17, 15) is 9.59 Å². The van der Waals surface area contributed by atoms with Crippen LogP contribution >= 0.6 is 0 Å². The van der Waals surface area contributed by atoms with Crippen molar-refractivity contribution in [3.05, 3.63) is 12.1 Å². The molecule has 2 rings (SSSR count). The lowest BCUT2D eigenvalue weighted by molar-refractivity contribution is -0.126. The maximum atomic E-state index is 12.1. The minimum atomic E-state index is -0.423. The van der Waals surface area contributed by atoms with Gasteiger partial charge in [-0.2, -0.15) is 0 Å². The first-order valence-electron chi connectivity index (χ1n) is 8.74. The SMILES string of the molecule is COc1cc(NC(=O)CC(=O)NCCN2CCOCC2)cc(OC)c1OC. The zero-order valence-electron chi connectivity index (χ0n) is 16.0. The smallest absolute Gasteiger partial charge is 0.233 e. The summed E-state index contributed by atoms with van der Waals surface area (Å²) in [5.74, 6) is 0.518. The van der Waals surface area contributed by atoms with Gasteiger partial charge in [0.15, 0.2) is 11.5 Å². The molecule has 27 heavy (non-hydrogen) atoms. The van der Waals surface area contributed by atoms with Crippen LogP contribution in [0.15, 0.2) is 12.1 Å². The lowest BCUT2D eigenvalue weighted by Crippen LogP contribution is -2.41. The predicted octanol–water partition coefficient (Wildman–Crippen LogP) is 0.489. The minimum Gasteiger partial charge on any atom is -0.493 e. The Labute approximate surface area is 158 Å². The summed E-state index contributed by atoms with van der Waals surface area (Å²) < 4.78 is 21.0. The third-order valence-electron chi connectivity index (χ3n) is 4.12. The van der Waals surface area contributed by atoms with Crippen molar-refractivity contribution in [3.8, 4) is 17.2 Å². The van der Waals surface area contributed by atoms with Crippen LogP contribution in [-0.4, -0.2) is 77.4 Å². The van der Waals surface area contributed by atoms with Crippen molar-refractivity contribution in [3.63, 3.8) is 0 Å². The number of anilines is 1. The standard InChI is InChI=1S/C18H27N3O6/c1-24-14-10-13(11-15(25-2)18(14)26-3)20-17(23)12-16(22)19-4-5-21-6-8-27-9-7-21/h10-11H,4-9,12H2,1-3H3,(H,19,22)(H,20,23). The number of rotatable bonds is 9. The van der Waals surface area contributed by atoms with E-state index in [-0.39, 0.29) is 12.3 Å². The van der Waals surface area contributed by atoms with E-state index in [1.54, 1.807) is 12.1 Å². The number of ether oxygens (including phenoxy) is 4. The van der Waals surface area contributed by atoms with Crippen LogP contribution in [0.3, 0.4) is 0 Å². The van der Waals surface area contributed by atoms with E-state index in [1.165, 1.54) is 21.3 Å². The first kappa shape index (κ1) is 20.8. The van der Waals surface area contributed by atoms with Crippen LogP contribution in [0.1, 0.15) is 6.42 Å². The maximum absolute atomic E-state index is 12.1. The Kier molecular flexibility index (Phi) is 8.15. The monoisotopic (exact) mass is 381 g/mol. The molecule has 0 unspecified atom stereocenters. The molecule has 150 valence electrons. The molecule has 0 bridgehead atoms. The summed E-state index contributed by atoms with van der Waals surface area (Å²) in [4.78, 5) is 26.3. The van der Waals surface area contributed by atoms with Gasteiger partial charge in [0, 0.05) is 44.0 Å². The fourth-order valence-electron chi connectivity index (χ4n) is 2.74. The molecule has 2 N–H and O–H groups in total. The van der Waals surface area contributed by atoms with Gasteiger partial charge in [0.2, 0.25) is 17.6 Å². The van der Waals surface area contributed by atoms with Gasteiger partial charge in [0.25, 0.3) is 0 Å². The van der Waals surface area contributed by atoms with E-state index in [0.29, 0.717) is 42.7 Å². The van der Waals surface area contributed by atoms with Gasteiger partial charge in [-0.1, -0.05) is 0 Å². The van der Waals surface area contributed by atoms with Crippen LogP contribution in [0.5, 0.6) is 17.2 Å². The van der Waals surface area contributed by atoms with Crippen molar-refractivity contribution < 1.29 is 28.5 Å². The Balaban J connectivity index is 1.82. The molecule has 2 amide bonds. The normalized spacial score (nSPS) is 14.3. The van der Waals surface area contributed by atoms with E-state index in [1.807, 2.05) is 0 Å². The van der Waals surface area contributed by atoms with Crippen molar-refractivity contribution in [1.82, 2.24) is 10.2 Å². The summed E-state index contributed by atoms with van der Waals surface area (Å²) in [7, 11) is 4.48. The molecule has 1 saturated heterocycles. The van der Waals surface area contributed by atoms with Gasteiger partial charge in [0.05, 0.1) is 34.5 Å². The molecule has 0 aliphatic carbocycles. The molecule has 0 aromatic heterocycles. The van der Waals surface area contributed by atoms with Crippen LogP contribution < -0.4 is 24.8 Å². The van der Waals surface area contributed by atoms with E-state index < -0.39 is 5.91 Å². The fourth-order valence-corrected chi connectivity index (χ4v) is 2.74. The number of methoxy groups -OCH3 is 3. The zero-order chi connectivity index (χ0) is 19.6. The van der Waals surface area contributed by atoms with Gasteiger partial charge in [0.1, 0.15) is 6.42 Å². The van der Waals surface area contributed by atoms with Crippen molar-refractivity contribution in [2.24, 2.45) is 0 Å². The third kappa shape index (κ3) is 6.30. The lowest BCUT2D eigenvalue weighted by Gasteiger charge is -2.26. The third-order valence-corrected chi connectivity index (χ3v) is 4.12. The van der Waals surface area contributed by atoms with Crippen molar-refractivity contribution >= 4 is 17.5 Å². The number of morpholine rings is 1. The highest BCUT2D eigenvalue weighted by Crippen LogP contribution is 2.39. The summed E-state index contributed by atoms with van der Waals surface area (Å²) in [6, 6.07) is 3.21. The first-order valence-corrected chi connectivity index (χ1v) is 8.74. The van der Waals surface area contributed by atoms with Gasteiger partial charge in [-0.05, 0) is 0 Å². The molecule has 1 aromatic rings. The van der Waals surface area contributed by atoms with E-state index >= 15 is 0 Å². The second kappa shape index (κ2) is 10.6. The number of carbonyl (C=O) groups excluding carboxylic acids is 2. The number of benzene rings is 1. The maximum Gasteiger partial charge on any atom is 0.233 e. The molecule has 1 heterocycles. The zero-order valence-corrected chi connectivity index (χ0v) is 16.0. The van der Waals surface area contributed by atoms with Crippen LogP contribution in [0.2, 0.25) is 0 Å². The van der Waals surface area contributed by atoms with Crippen LogP contribution in [0.25, 0.3) is 0 Å². The second-order valence-corrected chi connectivity index (χ2v) is 5.94. The molecule has 9 heteroatoms. The molecule has 0 atom stereocenters.